The second kappa shape index (κ2) is 6.79. The SMILES string of the molecule is COc1cc(CNC(=O)CCCN)ccn1. The topological polar surface area (TPSA) is 77.2 Å². The Morgan fingerprint density at radius 2 is 2.44 bits per heavy atom. The van der Waals surface area contributed by atoms with E-state index in [4.69, 9.17) is 10.5 Å². The summed E-state index contributed by atoms with van der Waals surface area (Å²) in [6, 6.07) is 3.63. The van der Waals surface area contributed by atoms with Crippen molar-refractivity contribution in [2.24, 2.45) is 5.73 Å². The van der Waals surface area contributed by atoms with Gasteiger partial charge in [-0.3, -0.25) is 4.79 Å². The first-order valence-electron chi connectivity index (χ1n) is 5.22. The Bertz CT molecular complexity index is 342. The molecule has 5 nitrogen and oxygen atoms in total. The molecule has 0 aliphatic rings. The van der Waals surface area contributed by atoms with Crippen molar-refractivity contribution in [3.63, 3.8) is 0 Å². The largest absolute Gasteiger partial charge is 0.481 e. The first-order valence-corrected chi connectivity index (χ1v) is 5.22. The van der Waals surface area contributed by atoms with Crippen molar-refractivity contribution in [1.82, 2.24) is 10.3 Å². The van der Waals surface area contributed by atoms with Crippen LogP contribution in [0.15, 0.2) is 18.3 Å². The van der Waals surface area contributed by atoms with Crippen LogP contribution in [0.5, 0.6) is 5.88 Å². The van der Waals surface area contributed by atoms with E-state index in [9.17, 15) is 4.79 Å². The molecule has 0 bridgehead atoms. The van der Waals surface area contributed by atoms with E-state index >= 15 is 0 Å². The van der Waals surface area contributed by atoms with Crippen molar-refractivity contribution in [3.05, 3.63) is 23.9 Å². The van der Waals surface area contributed by atoms with Gasteiger partial charge in [0, 0.05) is 25.2 Å². The first kappa shape index (κ1) is 12.4. The molecule has 0 fully saturated rings. The van der Waals surface area contributed by atoms with Gasteiger partial charge in [-0.25, -0.2) is 4.98 Å². The Hall–Kier alpha value is -1.62. The van der Waals surface area contributed by atoms with Gasteiger partial charge in [0.15, 0.2) is 0 Å². The molecule has 0 aliphatic heterocycles. The lowest BCUT2D eigenvalue weighted by atomic mass is 10.2. The fraction of sp³-hybridized carbons (Fsp3) is 0.455. The Morgan fingerprint density at radius 3 is 3.12 bits per heavy atom. The van der Waals surface area contributed by atoms with Crippen LogP contribution in [-0.4, -0.2) is 24.5 Å². The Balaban J connectivity index is 2.38. The van der Waals surface area contributed by atoms with Gasteiger partial charge in [0.05, 0.1) is 7.11 Å². The molecule has 0 saturated heterocycles. The van der Waals surface area contributed by atoms with E-state index in [1.165, 1.54) is 0 Å². The molecule has 88 valence electrons. The molecular weight excluding hydrogens is 206 g/mol. The molecule has 5 heteroatoms. The zero-order chi connectivity index (χ0) is 11.8. The van der Waals surface area contributed by atoms with Crippen LogP contribution in [0, 0.1) is 0 Å². The molecule has 16 heavy (non-hydrogen) atoms. The van der Waals surface area contributed by atoms with E-state index in [1.54, 1.807) is 19.4 Å². The van der Waals surface area contributed by atoms with Crippen LogP contribution < -0.4 is 15.8 Å². The van der Waals surface area contributed by atoms with Crippen LogP contribution in [0.3, 0.4) is 0 Å². The van der Waals surface area contributed by atoms with Crippen LogP contribution in [0.1, 0.15) is 18.4 Å². The summed E-state index contributed by atoms with van der Waals surface area (Å²) in [5.41, 5.74) is 6.28. The monoisotopic (exact) mass is 223 g/mol. The van der Waals surface area contributed by atoms with E-state index in [2.05, 4.69) is 10.3 Å². The summed E-state index contributed by atoms with van der Waals surface area (Å²) in [5, 5.41) is 2.81. The number of amides is 1. The highest BCUT2D eigenvalue weighted by Crippen LogP contribution is 2.07. The number of nitrogens with zero attached hydrogens (tertiary/aromatic N) is 1. The molecule has 0 saturated carbocycles. The van der Waals surface area contributed by atoms with Crippen LogP contribution in [0.4, 0.5) is 0 Å². The van der Waals surface area contributed by atoms with Crippen LogP contribution >= 0.6 is 0 Å². The smallest absolute Gasteiger partial charge is 0.220 e. The number of hydrogen-bond acceptors (Lipinski definition) is 4. The predicted molar refractivity (Wildman–Crippen MR) is 60.9 cm³/mol. The van der Waals surface area contributed by atoms with Crippen molar-refractivity contribution in [3.8, 4) is 5.88 Å². The molecule has 0 aromatic carbocycles. The third-order valence-electron chi connectivity index (χ3n) is 2.11. The van der Waals surface area contributed by atoms with Crippen LogP contribution in [0.25, 0.3) is 0 Å². The van der Waals surface area contributed by atoms with Gasteiger partial charge in [0.2, 0.25) is 11.8 Å². The maximum atomic E-state index is 11.3. The maximum absolute atomic E-state index is 11.3. The number of ether oxygens (including phenoxy) is 1. The number of methoxy groups -OCH3 is 1. The van der Waals surface area contributed by atoms with Gasteiger partial charge >= 0.3 is 0 Å². The number of pyridine rings is 1. The van der Waals surface area contributed by atoms with E-state index in [-0.39, 0.29) is 5.91 Å². The van der Waals surface area contributed by atoms with Crippen molar-refractivity contribution in [2.45, 2.75) is 19.4 Å². The minimum absolute atomic E-state index is 0.0150. The van der Waals surface area contributed by atoms with Gasteiger partial charge in [-0.1, -0.05) is 0 Å². The van der Waals surface area contributed by atoms with Crippen molar-refractivity contribution < 1.29 is 9.53 Å². The van der Waals surface area contributed by atoms with Crippen molar-refractivity contribution in [1.29, 1.82) is 0 Å². The molecule has 1 heterocycles. The van der Waals surface area contributed by atoms with Crippen LogP contribution in [-0.2, 0) is 11.3 Å². The second-order valence-corrected chi connectivity index (χ2v) is 3.38. The van der Waals surface area contributed by atoms with Gasteiger partial charge in [0.25, 0.3) is 0 Å². The molecule has 0 atom stereocenters. The predicted octanol–water partition coefficient (Wildman–Crippen LogP) is 0.445. The quantitative estimate of drug-likeness (QED) is 0.734. The van der Waals surface area contributed by atoms with E-state index < -0.39 is 0 Å². The fourth-order valence-corrected chi connectivity index (χ4v) is 1.22. The number of aromatic nitrogens is 1. The Kier molecular flexibility index (Phi) is 5.28. The first-order chi connectivity index (χ1) is 7.76. The number of carbonyl (C=O) groups excluding carboxylic acids is 1. The van der Waals surface area contributed by atoms with E-state index in [0.29, 0.717) is 31.8 Å². The lowest BCUT2D eigenvalue weighted by Gasteiger charge is -2.05. The van der Waals surface area contributed by atoms with E-state index in [0.717, 1.165) is 5.56 Å². The summed E-state index contributed by atoms with van der Waals surface area (Å²) < 4.78 is 4.99. The lowest BCUT2D eigenvalue weighted by Crippen LogP contribution is -2.23. The summed E-state index contributed by atoms with van der Waals surface area (Å²) in [5.74, 6) is 0.565. The highest BCUT2D eigenvalue weighted by molar-refractivity contribution is 5.75. The number of hydrogen-bond donors (Lipinski definition) is 2. The highest BCUT2D eigenvalue weighted by Gasteiger charge is 2.01. The average molecular weight is 223 g/mol. The molecule has 0 spiro atoms. The zero-order valence-corrected chi connectivity index (χ0v) is 9.40. The summed E-state index contributed by atoms with van der Waals surface area (Å²) >= 11 is 0. The molecule has 0 radical (unpaired) electrons. The van der Waals surface area contributed by atoms with Gasteiger partial charge in [0.1, 0.15) is 0 Å². The Morgan fingerprint density at radius 1 is 1.62 bits per heavy atom. The van der Waals surface area contributed by atoms with Gasteiger partial charge in [-0.2, -0.15) is 0 Å². The molecule has 0 aliphatic carbocycles. The zero-order valence-electron chi connectivity index (χ0n) is 9.40. The molecule has 1 amide bonds. The third kappa shape index (κ3) is 4.27. The molecular formula is C11H17N3O2. The minimum Gasteiger partial charge on any atom is -0.481 e. The summed E-state index contributed by atoms with van der Waals surface area (Å²) in [7, 11) is 1.56. The maximum Gasteiger partial charge on any atom is 0.220 e. The number of rotatable bonds is 6. The number of nitrogens with two attached hydrogens (primary N) is 1. The van der Waals surface area contributed by atoms with E-state index in [1.807, 2.05) is 6.07 Å². The van der Waals surface area contributed by atoms with Crippen LogP contribution in [0.2, 0.25) is 0 Å². The normalized spacial score (nSPS) is 9.88. The molecule has 1 rings (SSSR count). The second-order valence-electron chi connectivity index (χ2n) is 3.38. The third-order valence-corrected chi connectivity index (χ3v) is 2.11. The fourth-order valence-electron chi connectivity index (χ4n) is 1.22. The minimum atomic E-state index is 0.0150. The standard InChI is InChI=1S/C11H17N3O2/c1-16-11-7-9(4-6-13-11)8-14-10(15)3-2-5-12/h4,6-7H,2-3,5,8,12H2,1H3,(H,14,15). The van der Waals surface area contributed by atoms with Gasteiger partial charge in [-0.05, 0) is 24.6 Å². The number of nitrogens with one attached hydrogen (secondary N) is 1. The van der Waals surface area contributed by atoms with Crippen molar-refractivity contribution in [2.75, 3.05) is 13.7 Å². The summed E-state index contributed by atoms with van der Waals surface area (Å²) in [6.45, 7) is 1.03. The molecule has 3 N–H and O–H groups in total. The van der Waals surface area contributed by atoms with Gasteiger partial charge in [-0.15, -0.1) is 0 Å². The molecule has 1 aromatic heterocycles. The summed E-state index contributed by atoms with van der Waals surface area (Å²) in [6.07, 6.45) is 2.84. The molecule has 0 unspecified atom stereocenters. The number of carbonyl (C=O) groups is 1. The Labute approximate surface area is 95.0 Å². The average Bonchev–Trinajstić information content (AvgIpc) is 2.34. The summed E-state index contributed by atoms with van der Waals surface area (Å²) in [4.78, 5) is 15.3. The van der Waals surface area contributed by atoms with Crippen molar-refractivity contribution >= 4 is 5.91 Å². The lowest BCUT2D eigenvalue weighted by molar-refractivity contribution is -0.121. The van der Waals surface area contributed by atoms with Gasteiger partial charge < -0.3 is 15.8 Å². The highest BCUT2D eigenvalue weighted by atomic mass is 16.5. The molecule has 1 aromatic rings.